The van der Waals surface area contributed by atoms with Gasteiger partial charge in [-0.1, -0.05) is 23.7 Å². The first-order valence-electron chi connectivity index (χ1n) is 6.10. The highest BCUT2D eigenvalue weighted by molar-refractivity contribution is 6.33. The summed E-state index contributed by atoms with van der Waals surface area (Å²) in [4.78, 5) is 0. The van der Waals surface area contributed by atoms with Crippen molar-refractivity contribution >= 4 is 23.0 Å². The summed E-state index contributed by atoms with van der Waals surface area (Å²) in [6.07, 6.45) is -4.77. The Kier molecular flexibility index (Phi) is 3.33. The van der Waals surface area contributed by atoms with Gasteiger partial charge < -0.3 is 15.4 Å². The van der Waals surface area contributed by atoms with E-state index in [1.165, 1.54) is 18.2 Å². The topological polar surface area (TPSA) is 33.3 Å². The lowest BCUT2D eigenvalue weighted by Crippen LogP contribution is -2.17. The normalized spacial score (nSPS) is 13.3. The maximum absolute atomic E-state index is 12.5. The van der Waals surface area contributed by atoms with E-state index in [0.29, 0.717) is 12.2 Å². The van der Waals surface area contributed by atoms with Crippen molar-refractivity contribution in [2.75, 3.05) is 17.3 Å². The number of hydrogen-bond donors (Lipinski definition) is 2. The van der Waals surface area contributed by atoms with Crippen LogP contribution in [0.1, 0.15) is 0 Å². The van der Waals surface area contributed by atoms with E-state index in [9.17, 15) is 13.2 Å². The van der Waals surface area contributed by atoms with Crippen molar-refractivity contribution in [1.29, 1.82) is 0 Å². The second kappa shape index (κ2) is 5.04. The number of benzene rings is 2. The SMILES string of the molecule is FC(F)(F)Oc1cccc(Cl)c1-c1ccc2c(c1)NCN2. The van der Waals surface area contributed by atoms with E-state index < -0.39 is 6.36 Å². The molecule has 3 rings (SSSR count). The fourth-order valence-corrected chi connectivity index (χ4v) is 2.50. The number of anilines is 2. The van der Waals surface area contributed by atoms with Gasteiger partial charge in [0, 0.05) is 5.56 Å². The van der Waals surface area contributed by atoms with E-state index in [1.54, 1.807) is 18.2 Å². The molecule has 0 radical (unpaired) electrons. The van der Waals surface area contributed by atoms with E-state index in [-0.39, 0.29) is 16.3 Å². The number of nitrogens with one attached hydrogen (secondary N) is 2. The number of fused-ring (bicyclic) bond motifs is 1. The molecule has 1 aliphatic heterocycles. The molecule has 0 saturated carbocycles. The third-order valence-corrected chi connectivity index (χ3v) is 3.38. The van der Waals surface area contributed by atoms with Gasteiger partial charge in [-0.25, -0.2) is 0 Å². The zero-order valence-electron chi connectivity index (χ0n) is 10.6. The van der Waals surface area contributed by atoms with E-state index in [2.05, 4.69) is 15.4 Å². The molecular weight excluding hydrogens is 305 g/mol. The first-order chi connectivity index (χ1) is 9.94. The van der Waals surface area contributed by atoms with Crippen LogP contribution in [0.3, 0.4) is 0 Å². The average Bonchev–Trinajstić information content (AvgIpc) is 2.84. The summed E-state index contributed by atoms with van der Waals surface area (Å²) in [5.41, 5.74) is 2.47. The van der Waals surface area contributed by atoms with Crippen molar-refractivity contribution in [2.45, 2.75) is 6.36 Å². The van der Waals surface area contributed by atoms with Crippen molar-refractivity contribution in [3.63, 3.8) is 0 Å². The van der Waals surface area contributed by atoms with Gasteiger partial charge in [0.05, 0.1) is 23.1 Å². The Balaban J connectivity index is 2.09. The van der Waals surface area contributed by atoms with Gasteiger partial charge in [-0.05, 0) is 29.8 Å². The molecule has 1 aliphatic rings. The highest BCUT2D eigenvalue weighted by Gasteiger charge is 2.32. The summed E-state index contributed by atoms with van der Waals surface area (Å²) in [6, 6.07) is 9.40. The van der Waals surface area contributed by atoms with Crippen LogP contribution in [0.4, 0.5) is 24.5 Å². The molecule has 0 bridgehead atoms. The summed E-state index contributed by atoms with van der Waals surface area (Å²) in [7, 11) is 0. The van der Waals surface area contributed by atoms with Crippen molar-refractivity contribution in [3.05, 3.63) is 41.4 Å². The van der Waals surface area contributed by atoms with Gasteiger partial charge >= 0.3 is 6.36 Å². The van der Waals surface area contributed by atoms with Crippen LogP contribution < -0.4 is 15.4 Å². The van der Waals surface area contributed by atoms with Gasteiger partial charge in [0.2, 0.25) is 0 Å². The largest absolute Gasteiger partial charge is 0.573 e. The Morgan fingerprint density at radius 2 is 1.81 bits per heavy atom. The van der Waals surface area contributed by atoms with E-state index in [4.69, 9.17) is 11.6 Å². The van der Waals surface area contributed by atoms with Gasteiger partial charge in [-0.2, -0.15) is 0 Å². The minimum absolute atomic E-state index is 0.197. The van der Waals surface area contributed by atoms with Crippen LogP contribution in [0.15, 0.2) is 36.4 Å². The molecule has 0 unspecified atom stereocenters. The van der Waals surface area contributed by atoms with Gasteiger partial charge in [-0.15, -0.1) is 13.2 Å². The highest BCUT2D eigenvalue weighted by Crippen LogP contribution is 2.41. The van der Waals surface area contributed by atoms with E-state index in [0.717, 1.165) is 11.4 Å². The Morgan fingerprint density at radius 3 is 2.57 bits per heavy atom. The molecule has 1 heterocycles. The number of rotatable bonds is 2. The zero-order chi connectivity index (χ0) is 15.0. The summed E-state index contributed by atoms with van der Waals surface area (Å²) in [5, 5.41) is 6.37. The number of ether oxygens (including phenoxy) is 1. The van der Waals surface area contributed by atoms with E-state index in [1.807, 2.05) is 0 Å². The molecule has 0 aromatic heterocycles. The van der Waals surface area contributed by atoms with Crippen molar-refractivity contribution in [1.82, 2.24) is 0 Å². The number of halogens is 4. The summed E-state index contributed by atoms with van der Waals surface area (Å²) < 4.78 is 41.6. The minimum Gasteiger partial charge on any atom is -0.405 e. The third-order valence-electron chi connectivity index (χ3n) is 3.07. The smallest absolute Gasteiger partial charge is 0.405 e. The first-order valence-corrected chi connectivity index (χ1v) is 6.48. The van der Waals surface area contributed by atoms with Crippen molar-refractivity contribution < 1.29 is 17.9 Å². The Labute approximate surface area is 123 Å². The fraction of sp³-hybridized carbons (Fsp3) is 0.143. The van der Waals surface area contributed by atoms with Crippen LogP contribution in [0, 0.1) is 0 Å². The molecule has 0 atom stereocenters. The average molecular weight is 315 g/mol. The molecule has 0 amide bonds. The Bertz CT molecular complexity index is 688. The Hall–Kier alpha value is -2.08. The summed E-state index contributed by atoms with van der Waals surface area (Å²) >= 11 is 6.06. The summed E-state index contributed by atoms with van der Waals surface area (Å²) in [5.74, 6) is -0.319. The quantitative estimate of drug-likeness (QED) is 0.843. The van der Waals surface area contributed by atoms with Crippen LogP contribution in [0.2, 0.25) is 5.02 Å². The molecule has 2 aromatic carbocycles. The molecule has 2 aromatic rings. The van der Waals surface area contributed by atoms with Crippen LogP contribution in [-0.2, 0) is 0 Å². The lowest BCUT2D eigenvalue weighted by Gasteiger charge is -2.15. The summed E-state index contributed by atoms with van der Waals surface area (Å²) in [6.45, 7) is 0.577. The molecular formula is C14H10ClF3N2O. The predicted molar refractivity (Wildman–Crippen MR) is 75.7 cm³/mol. The number of alkyl halides is 3. The van der Waals surface area contributed by atoms with Crippen LogP contribution in [0.25, 0.3) is 11.1 Å². The molecule has 110 valence electrons. The predicted octanol–water partition coefficient (Wildman–Crippen LogP) is 4.70. The second-order valence-electron chi connectivity index (χ2n) is 4.45. The molecule has 7 heteroatoms. The minimum atomic E-state index is -4.77. The molecule has 3 nitrogen and oxygen atoms in total. The Morgan fingerprint density at radius 1 is 1.05 bits per heavy atom. The lowest BCUT2D eigenvalue weighted by atomic mass is 10.0. The van der Waals surface area contributed by atoms with Crippen LogP contribution in [-0.4, -0.2) is 13.0 Å². The number of hydrogen-bond acceptors (Lipinski definition) is 3. The molecule has 0 spiro atoms. The third kappa shape index (κ3) is 2.85. The zero-order valence-corrected chi connectivity index (χ0v) is 11.3. The monoisotopic (exact) mass is 314 g/mol. The molecule has 0 fully saturated rings. The standard InChI is InChI=1S/C14H10ClF3N2O/c15-9-2-1-3-12(21-14(16,17)18)13(9)8-4-5-10-11(6-8)20-7-19-10/h1-6,19-20H,7H2. The lowest BCUT2D eigenvalue weighted by molar-refractivity contribution is -0.274. The fourth-order valence-electron chi connectivity index (χ4n) is 2.23. The van der Waals surface area contributed by atoms with Gasteiger partial charge in [0.1, 0.15) is 5.75 Å². The van der Waals surface area contributed by atoms with E-state index >= 15 is 0 Å². The first kappa shape index (κ1) is 13.9. The van der Waals surface area contributed by atoms with Crippen LogP contribution >= 0.6 is 11.6 Å². The van der Waals surface area contributed by atoms with Gasteiger partial charge in [0.15, 0.2) is 0 Å². The van der Waals surface area contributed by atoms with Crippen LogP contribution in [0.5, 0.6) is 5.75 Å². The van der Waals surface area contributed by atoms with Gasteiger partial charge in [-0.3, -0.25) is 0 Å². The molecule has 2 N–H and O–H groups in total. The van der Waals surface area contributed by atoms with Crippen molar-refractivity contribution in [3.8, 4) is 16.9 Å². The maximum Gasteiger partial charge on any atom is 0.573 e. The van der Waals surface area contributed by atoms with Gasteiger partial charge in [0.25, 0.3) is 0 Å². The molecule has 0 saturated heterocycles. The second-order valence-corrected chi connectivity index (χ2v) is 4.86. The molecule has 0 aliphatic carbocycles. The highest BCUT2D eigenvalue weighted by atomic mass is 35.5. The van der Waals surface area contributed by atoms with Crippen molar-refractivity contribution in [2.24, 2.45) is 0 Å². The maximum atomic E-state index is 12.5. The molecule has 21 heavy (non-hydrogen) atoms.